The normalized spacial score (nSPS) is 16.6. The second-order valence-electron chi connectivity index (χ2n) is 9.34. The topological polar surface area (TPSA) is 65.1 Å². The minimum absolute atomic E-state index is 0.0328. The molecule has 6 nitrogen and oxygen atoms in total. The van der Waals surface area contributed by atoms with Crippen LogP contribution in [-0.2, 0) is 27.8 Å². The number of ether oxygens (including phenoxy) is 3. The molecule has 0 bridgehead atoms. The van der Waals surface area contributed by atoms with Gasteiger partial charge in [-0.1, -0.05) is 37.3 Å². The van der Waals surface area contributed by atoms with Crippen molar-refractivity contribution in [3.05, 3.63) is 72.3 Å². The lowest BCUT2D eigenvalue weighted by Gasteiger charge is -2.34. The molecule has 0 aromatic heterocycles. The molecule has 0 unspecified atom stereocenters. The maximum atomic E-state index is 14.3. The van der Waals surface area contributed by atoms with Crippen LogP contribution in [0.1, 0.15) is 43.7 Å². The molecule has 0 spiro atoms. The second-order valence-corrected chi connectivity index (χ2v) is 11.5. The number of benzene rings is 2. The number of nitrogens with zero attached hydrogens (tertiary/aromatic N) is 1. The summed E-state index contributed by atoms with van der Waals surface area (Å²) in [5.74, 6) is 1.81. The maximum absolute atomic E-state index is 14.3. The summed E-state index contributed by atoms with van der Waals surface area (Å²) in [5, 5.41) is -0.486. The van der Waals surface area contributed by atoms with Crippen molar-refractivity contribution in [1.29, 1.82) is 0 Å². The van der Waals surface area contributed by atoms with Gasteiger partial charge in [0.25, 0.3) is 0 Å². The van der Waals surface area contributed by atoms with Crippen LogP contribution in [-0.4, -0.2) is 45.4 Å². The third-order valence-electron chi connectivity index (χ3n) is 6.86. The average molecular weight is 502 g/mol. The summed E-state index contributed by atoms with van der Waals surface area (Å²) in [7, 11) is -0.385. The Labute approximate surface area is 210 Å². The van der Waals surface area contributed by atoms with Gasteiger partial charge in [0.15, 0.2) is 0 Å². The van der Waals surface area contributed by atoms with Crippen LogP contribution in [0.5, 0.6) is 11.5 Å². The fourth-order valence-electron chi connectivity index (χ4n) is 4.67. The van der Waals surface area contributed by atoms with Gasteiger partial charge in [-0.2, -0.15) is 4.31 Å². The highest BCUT2D eigenvalue weighted by Crippen LogP contribution is 2.32. The molecule has 0 amide bonds. The minimum Gasteiger partial charge on any atom is -0.497 e. The zero-order chi connectivity index (χ0) is 25.3. The van der Waals surface area contributed by atoms with Crippen LogP contribution in [0, 0.1) is 11.8 Å². The van der Waals surface area contributed by atoms with E-state index in [0.29, 0.717) is 45.1 Å². The molecule has 1 fully saturated rings. The molecule has 1 heterocycles. The van der Waals surface area contributed by atoms with E-state index in [4.69, 9.17) is 14.2 Å². The highest BCUT2D eigenvalue weighted by Gasteiger charge is 2.37. The van der Waals surface area contributed by atoms with Gasteiger partial charge >= 0.3 is 0 Å². The van der Waals surface area contributed by atoms with E-state index in [2.05, 4.69) is 6.58 Å². The van der Waals surface area contributed by atoms with Gasteiger partial charge in [-0.05, 0) is 72.9 Å². The summed E-state index contributed by atoms with van der Waals surface area (Å²) in [5.41, 5.74) is 1.84. The van der Waals surface area contributed by atoms with Gasteiger partial charge in [-0.3, -0.25) is 0 Å². The van der Waals surface area contributed by atoms with Crippen molar-refractivity contribution in [3.8, 4) is 11.5 Å². The highest BCUT2D eigenvalue weighted by atomic mass is 32.2. The van der Waals surface area contributed by atoms with Crippen LogP contribution in [0.15, 0.2) is 61.2 Å². The van der Waals surface area contributed by atoms with Crippen LogP contribution in [0.2, 0.25) is 0 Å². The van der Waals surface area contributed by atoms with Gasteiger partial charge in [-0.15, -0.1) is 6.58 Å². The first-order valence-electron chi connectivity index (χ1n) is 12.3. The van der Waals surface area contributed by atoms with Crippen LogP contribution >= 0.6 is 0 Å². The number of hydrogen-bond acceptors (Lipinski definition) is 5. The molecule has 0 saturated carbocycles. The van der Waals surface area contributed by atoms with E-state index in [1.807, 2.05) is 61.5 Å². The Bertz CT molecular complexity index is 965. The van der Waals surface area contributed by atoms with E-state index < -0.39 is 15.3 Å². The molecular formula is C28H39NO5S. The molecule has 2 aromatic rings. The molecule has 1 saturated heterocycles. The number of hydrogen-bond donors (Lipinski definition) is 0. The predicted octanol–water partition coefficient (Wildman–Crippen LogP) is 5.43. The number of rotatable bonds is 13. The lowest BCUT2D eigenvalue weighted by Crippen LogP contribution is -2.42. The molecule has 192 valence electrons. The van der Waals surface area contributed by atoms with Crippen molar-refractivity contribution in [2.24, 2.45) is 11.8 Å². The standard InChI is InChI=1S/C28H39NO5S/c1-5-6-22(2)28(19-23-15-17-34-18-16-23)35(30,31)29(20-24-7-11-26(32-3)12-8-24)21-25-9-13-27(33-4)14-10-25/h5,7-14,22-23,28H,1,6,15-21H2,2-4H3/t22-,28+/m0/s1. The summed E-state index contributed by atoms with van der Waals surface area (Å²) in [6, 6.07) is 15.2. The monoisotopic (exact) mass is 501 g/mol. The first-order valence-corrected chi connectivity index (χ1v) is 13.8. The van der Waals surface area contributed by atoms with E-state index in [0.717, 1.165) is 35.5 Å². The number of allylic oxidation sites excluding steroid dienone is 1. The van der Waals surface area contributed by atoms with Crippen molar-refractivity contribution in [2.45, 2.75) is 50.9 Å². The third kappa shape index (κ3) is 7.56. The predicted molar refractivity (Wildman–Crippen MR) is 140 cm³/mol. The molecule has 0 aliphatic carbocycles. The molecule has 1 aliphatic rings. The van der Waals surface area contributed by atoms with Crippen molar-refractivity contribution in [3.63, 3.8) is 0 Å². The molecule has 0 N–H and O–H groups in total. The van der Waals surface area contributed by atoms with Gasteiger partial charge in [0.1, 0.15) is 11.5 Å². The molecule has 35 heavy (non-hydrogen) atoms. The molecular weight excluding hydrogens is 462 g/mol. The molecule has 1 aliphatic heterocycles. The first-order chi connectivity index (χ1) is 16.9. The van der Waals surface area contributed by atoms with Gasteiger partial charge in [0.05, 0.1) is 19.5 Å². The summed E-state index contributed by atoms with van der Waals surface area (Å²) in [4.78, 5) is 0. The van der Waals surface area contributed by atoms with Crippen molar-refractivity contribution < 1.29 is 22.6 Å². The highest BCUT2D eigenvalue weighted by molar-refractivity contribution is 7.89. The van der Waals surface area contributed by atoms with E-state index in [9.17, 15) is 8.42 Å². The Morgan fingerprint density at radius 3 is 1.89 bits per heavy atom. The zero-order valence-electron chi connectivity index (χ0n) is 21.2. The molecule has 7 heteroatoms. The molecule has 0 radical (unpaired) electrons. The Kier molecular flexibility index (Phi) is 10.2. The number of sulfonamides is 1. The Morgan fingerprint density at radius 2 is 1.46 bits per heavy atom. The molecule has 3 rings (SSSR count). The fraction of sp³-hybridized carbons (Fsp3) is 0.500. The van der Waals surface area contributed by atoms with Crippen molar-refractivity contribution in [1.82, 2.24) is 4.31 Å². The van der Waals surface area contributed by atoms with Crippen molar-refractivity contribution in [2.75, 3.05) is 27.4 Å². The largest absolute Gasteiger partial charge is 0.497 e. The van der Waals surface area contributed by atoms with E-state index >= 15 is 0 Å². The van der Waals surface area contributed by atoms with Gasteiger partial charge < -0.3 is 14.2 Å². The van der Waals surface area contributed by atoms with E-state index in [-0.39, 0.29) is 5.92 Å². The lowest BCUT2D eigenvalue weighted by atomic mass is 9.89. The summed E-state index contributed by atoms with van der Waals surface area (Å²) >= 11 is 0. The second kappa shape index (κ2) is 13.1. The number of methoxy groups -OCH3 is 2. The summed E-state index contributed by atoms with van der Waals surface area (Å²) in [6.07, 6.45) is 4.94. The molecule has 2 aromatic carbocycles. The van der Waals surface area contributed by atoms with Gasteiger partial charge in [0, 0.05) is 26.3 Å². The first kappa shape index (κ1) is 27.2. The van der Waals surface area contributed by atoms with Crippen molar-refractivity contribution >= 4 is 10.0 Å². The SMILES string of the molecule is C=CC[C@H](C)[C@@H](CC1CCOCC1)S(=O)(=O)N(Cc1ccc(OC)cc1)Cc1ccc(OC)cc1. The minimum atomic E-state index is -3.63. The van der Waals surface area contributed by atoms with Crippen LogP contribution < -0.4 is 9.47 Å². The molecule has 2 atom stereocenters. The van der Waals surface area contributed by atoms with Crippen LogP contribution in [0.25, 0.3) is 0 Å². The fourth-order valence-corrected chi connectivity index (χ4v) is 6.92. The summed E-state index contributed by atoms with van der Waals surface area (Å²) in [6.45, 7) is 7.90. The average Bonchev–Trinajstić information content (AvgIpc) is 2.88. The van der Waals surface area contributed by atoms with Crippen LogP contribution in [0.3, 0.4) is 0 Å². The van der Waals surface area contributed by atoms with Gasteiger partial charge in [-0.25, -0.2) is 8.42 Å². The van der Waals surface area contributed by atoms with E-state index in [1.165, 1.54) is 0 Å². The third-order valence-corrected chi connectivity index (χ3v) is 9.26. The maximum Gasteiger partial charge on any atom is 0.217 e. The lowest BCUT2D eigenvalue weighted by molar-refractivity contribution is 0.0622. The Balaban J connectivity index is 1.93. The smallest absolute Gasteiger partial charge is 0.217 e. The Hall–Kier alpha value is -2.35. The summed E-state index contributed by atoms with van der Waals surface area (Å²) < 4.78 is 46.3. The Morgan fingerprint density at radius 1 is 0.971 bits per heavy atom. The quantitative estimate of drug-likeness (QED) is 0.342. The zero-order valence-corrected chi connectivity index (χ0v) is 22.0. The van der Waals surface area contributed by atoms with Crippen LogP contribution in [0.4, 0.5) is 0 Å². The van der Waals surface area contributed by atoms with Gasteiger partial charge in [0.2, 0.25) is 10.0 Å². The van der Waals surface area contributed by atoms with E-state index in [1.54, 1.807) is 18.5 Å².